The number of hydrogen-bond donors (Lipinski definition) is 4. The third-order valence-corrected chi connectivity index (χ3v) is 4.51. The minimum atomic E-state index is -1.48. The topological polar surface area (TPSA) is 103 Å². The molecule has 8 heteroatoms. The van der Waals surface area contributed by atoms with Crippen LogP contribution in [0.1, 0.15) is 31.2 Å². The normalized spacial score (nSPS) is 16.7. The van der Waals surface area contributed by atoms with Gasteiger partial charge in [-0.05, 0) is 43.9 Å². The van der Waals surface area contributed by atoms with E-state index >= 15 is 0 Å². The molecule has 3 heterocycles. The standard InChI is InChI=1S/C18H24BN5O2/c1-20-17-7-5-13(11-22-17)16-4-2-3-15(24-16)9-10-21-18-8-6-14(12-23-18)19(25)26/h5-8,11-12,15,25-26H,2-4,9-10H2,1H3,(H,20,22)(H,21,23). The van der Waals surface area contributed by atoms with Crippen LogP contribution in [0, 0.1) is 0 Å². The van der Waals surface area contributed by atoms with E-state index in [0.717, 1.165) is 55.1 Å². The van der Waals surface area contributed by atoms with Crippen LogP contribution in [0.3, 0.4) is 0 Å². The molecule has 2 aromatic rings. The minimum absolute atomic E-state index is 0.300. The first kappa shape index (κ1) is 18.3. The van der Waals surface area contributed by atoms with E-state index < -0.39 is 7.12 Å². The summed E-state index contributed by atoms with van der Waals surface area (Å²) < 4.78 is 0. The fourth-order valence-electron chi connectivity index (χ4n) is 3.02. The molecule has 0 aliphatic carbocycles. The molecule has 0 bridgehead atoms. The average molecular weight is 353 g/mol. The van der Waals surface area contributed by atoms with E-state index in [1.807, 2.05) is 19.3 Å². The summed E-state index contributed by atoms with van der Waals surface area (Å²) in [5.74, 6) is 1.58. The monoisotopic (exact) mass is 353 g/mol. The third-order valence-electron chi connectivity index (χ3n) is 4.51. The smallest absolute Gasteiger partial charge is 0.423 e. The van der Waals surface area contributed by atoms with Crippen molar-refractivity contribution in [3.63, 3.8) is 0 Å². The predicted molar refractivity (Wildman–Crippen MR) is 105 cm³/mol. The molecule has 1 aliphatic rings. The lowest BCUT2D eigenvalue weighted by molar-refractivity contribution is 0.425. The molecule has 0 aromatic carbocycles. The number of pyridine rings is 2. The van der Waals surface area contributed by atoms with Crippen molar-refractivity contribution in [3.05, 3.63) is 42.2 Å². The molecule has 4 N–H and O–H groups in total. The molecule has 1 unspecified atom stereocenters. The molecular weight excluding hydrogens is 329 g/mol. The highest BCUT2D eigenvalue weighted by atomic mass is 16.4. The van der Waals surface area contributed by atoms with Crippen molar-refractivity contribution in [3.8, 4) is 0 Å². The van der Waals surface area contributed by atoms with Crippen molar-refractivity contribution in [1.29, 1.82) is 0 Å². The molecule has 26 heavy (non-hydrogen) atoms. The number of nitrogens with one attached hydrogen (secondary N) is 2. The van der Waals surface area contributed by atoms with E-state index in [1.165, 1.54) is 6.20 Å². The van der Waals surface area contributed by atoms with Crippen LogP contribution in [0.15, 0.2) is 41.7 Å². The molecule has 3 rings (SSSR count). The molecule has 1 atom stereocenters. The van der Waals surface area contributed by atoms with E-state index in [0.29, 0.717) is 11.5 Å². The highest BCUT2D eigenvalue weighted by Gasteiger charge is 2.16. The molecule has 0 amide bonds. The summed E-state index contributed by atoms with van der Waals surface area (Å²) in [6, 6.07) is 7.74. The summed E-state index contributed by atoms with van der Waals surface area (Å²) in [5.41, 5.74) is 2.62. The van der Waals surface area contributed by atoms with Gasteiger partial charge < -0.3 is 20.7 Å². The molecule has 136 valence electrons. The van der Waals surface area contributed by atoms with E-state index in [-0.39, 0.29) is 0 Å². The van der Waals surface area contributed by atoms with Crippen LogP contribution >= 0.6 is 0 Å². The van der Waals surface area contributed by atoms with E-state index in [4.69, 9.17) is 15.0 Å². The first-order valence-corrected chi connectivity index (χ1v) is 8.92. The molecular formula is C18H24BN5O2. The van der Waals surface area contributed by atoms with Crippen LogP contribution in [-0.4, -0.2) is 52.5 Å². The van der Waals surface area contributed by atoms with Gasteiger partial charge in [-0.3, -0.25) is 4.99 Å². The number of rotatable bonds is 7. The van der Waals surface area contributed by atoms with E-state index in [2.05, 4.69) is 26.7 Å². The van der Waals surface area contributed by atoms with Gasteiger partial charge in [0.2, 0.25) is 0 Å². The first-order chi connectivity index (χ1) is 12.7. The van der Waals surface area contributed by atoms with Gasteiger partial charge in [0.15, 0.2) is 0 Å². The SMILES string of the molecule is CNc1ccc(C2=NC(CCNc3ccc(B(O)O)cn3)CCC2)cn1. The van der Waals surface area contributed by atoms with E-state index in [9.17, 15) is 0 Å². The second-order valence-electron chi connectivity index (χ2n) is 6.37. The number of nitrogens with zero attached hydrogens (tertiary/aromatic N) is 3. The van der Waals surface area contributed by atoms with Gasteiger partial charge in [-0.2, -0.15) is 0 Å². The van der Waals surface area contributed by atoms with Gasteiger partial charge in [0, 0.05) is 42.7 Å². The molecule has 0 fully saturated rings. The summed E-state index contributed by atoms with van der Waals surface area (Å²) in [4.78, 5) is 13.5. The Morgan fingerprint density at radius 1 is 1.12 bits per heavy atom. The highest BCUT2D eigenvalue weighted by Crippen LogP contribution is 2.20. The van der Waals surface area contributed by atoms with Crippen LogP contribution in [0.25, 0.3) is 0 Å². The number of anilines is 2. The molecule has 2 aromatic heterocycles. The zero-order chi connectivity index (χ0) is 18.4. The maximum Gasteiger partial charge on any atom is 0.490 e. The second kappa shape index (κ2) is 8.78. The van der Waals surface area contributed by atoms with Gasteiger partial charge in [0.1, 0.15) is 11.6 Å². The van der Waals surface area contributed by atoms with Gasteiger partial charge >= 0.3 is 7.12 Å². The van der Waals surface area contributed by atoms with Crippen molar-refractivity contribution in [2.75, 3.05) is 24.2 Å². The lowest BCUT2D eigenvalue weighted by Crippen LogP contribution is -2.30. The quantitative estimate of drug-likeness (QED) is 0.555. The van der Waals surface area contributed by atoms with Gasteiger partial charge in [0.05, 0.1) is 6.04 Å². The summed E-state index contributed by atoms with van der Waals surface area (Å²) in [7, 11) is 0.375. The Bertz CT molecular complexity index is 734. The van der Waals surface area contributed by atoms with Crippen molar-refractivity contribution in [2.24, 2.45) is 4.99 Å². The van der Waals surface area contributed by atoms with Gasteiger partial charge in [0.25, 0.3) is 0 Å². The maximum atomic E-state index is 9.08. The second-order valence-corrected chi connectivity index (χ2v) is 6.37. The lowest BCUT2D eigenvalue weighted by atomic mass is 9.82. The highest BCUT2D eigenvalue weighted by molar-refractivity contribution is 6.58. The Morgan fingerprint density at radius 2 is 1.92 bits per heavy atom. The molecule has 1 aliphatic heterocycles. The predicted octanol–water partition coefficient (Wildman–Crippen LogP) is 1.04. The van der Waals surface area contributed by atoms with Crippen molar-refractivity contribution in [1.82, 2.24) is 9.97 Å². The van der Waals surface area contributed by atoms with Gasteiger partial charge in [-0.25, -0.2) is 9.97 Å². The number of aliphatic imine (C=N–C) groups is 1. The summed E-state index contributed by atoms with van der Waals surface area (Å²) >= 11 is 0. The zero-order valence-corrected chi connectivity index (χ0v) is 14.9. The average Bonchev–Trinajstić information content (AvgIpc) is 2.69. The van der Waals surface area contributed by atoms with Crippen molar-refractivity contribution >= 4 is 29.9 Å². The van der Waals surface area contributed by atoms with Crippen molar-refractivity contribution < 1.29 is 10.0 Å². The van der Waals surface area contributed by atoms with Crippen molar-refractivity contribution in [2.45, 2.75) is 31.7 Å². The lowest BCUT2D eigenvalue weighted by Gasteiger charge is -2.21. The minimum Gasteiger partial charge on any atom is -0.423 e. The van der Waals surface area contributed by atoms with Crippen LogP contribution < -0.4 is 16.1 Å². The first-order valence-electron chi connectivity index (χ1n) is 8.92. The molecule has 0 spiro atoms. The van der Waals surface area contributed by atoms with Gasteiger partial charge in [-0.1, -0.05) is 6.07 Å². The Balaban J connectivity index is 1.54. The molecule has 0 saturated carbocycles. The van der Waals surface area contributed by atoms with Crippen LogP contribution in [0.2, 0.25) is 0 Å². The summed E-state index contributed by atoms with van der Waals surface area (Å²) in [6.07, 6.45) is 7.50. The fraction of sp³-hybridized carbons (Fsp3) is 0.389. The van der Waals surface area contributed by atoms with Crippen LogP contribution in [-0.2, 0) is 0 Å². The Kier molecular flexibility index (Phi) is 6.19. The molecule has 0 saturated heterocycles. The number of hydrogen-bond acceptors (Lipinski definition) is 7. The Hall–Kier alpha value is -2.45. The zero-order valence-electron chi connectivity index (χ0n) is 14.9. The summed E-state index contributed by atoms with van der Waals surface area (Å²) in [6.45, 7) is 0.770. The summed E-state index contributed by atoms with van der Waals surface area (Å²) in [5, 5.41) is 24.5. The van der Waals surface area contributed by atoms with Gasteiger partial charge in [-0.15, -0.1) is 0 Å². The van der Waals surface area contributed by atoms with E-state index in [1.54, 1.807) is 12.1 Å². The largest absolute Gasteiger partial charge is 0.490 e. The Labute approximate surface area is 153 Å². The van der Waals surface area contributed by atoms with Crippen LogP contribution in [0.5, 0.6) is 0 Å². The fourth-order valence-corrected chi connectivity index (χ4v) is 3.02. The third kappa shape index (κ3) is 4.80. The molecule has 7 nitrogen and oxygen atoms in total. The maximum absolute atomic E-state index is 9.08. The molecule has 0 radical (unpaired) electrons. The Morgan fingerprint density at radius 3 is 2.58 bits per heavy atom. The number of aromatic nitrogens is 2. The van der Waals surface area contributed by atoms with Crippen LogP contribution in [0.4, 0.5) is 11.6 Å².